The zero-order chi connectivity index (χ0) is 19.7. The monoisotopic (exact) mass is 376 g/mol. The van der Waals surface area contributed by atoms with E-state index >= 15 is 0 Å². The van der Waals surface area contributed by atoms with Crippen LogP contribution in [0.5, 0.6) is 0 Å². The zero-order valence-corrected chi connectivity index (χ0v) is 16.4. The van der Waals surface area contributed by atoms with Crippen molar-refractivity contribution in [3.05, 3.63) is 64.8 Å². The molecule has 0 amide bonds. The van der Waals surface area contributed by atoms with Gasteiger partial charge in [0.1, 0.15) is 0 Å². The minimum atomic E-state index is -0.0830. The third-order valence-corrected chi connectivity index (χ3v) is 4.96. The van der Waals surface area contributed by atoms with Gasteiger partial charge in [0, 0.05) is 48.4 Å². The minimum absolute atomic E-state index is 0.00482. The van der Waals surface area contributed by atoms with Crippen LogP contribution in [0.25, 0.3) is 11.3 Å². The fraction of sp³-hybridized carbons (Fsp3) is 0.381. The molecule has 0 radical (unpaired) electrons. The smallest absolute Gasteiger partial charge is 0.266 e. The molecule has 1 fully saturated rings. The Morgan fingerprint density at radius 1 is 1.07 bits per heavy atom. The molecule has 0 spiro atoms. The van der Waals surface area contributed by atoms with E-state index in [1.165, 1.54) is 0 Å². The second kappa shape index (κ2) is 7.14. The summed E-state index contributed by atoms with van der Waals surface area (Å²) in [4.78, 5) is 18.5. The maximum atomic E-state index is 12.2. The summed E-state index contributed by atoms with van der Waals surface area (Å²) in [5.41, 5.74) is 2.56. The molecule has 0 atom stereocenters. The van der Waals surface area contributed by atoms with Crippen LogP contribution in [0.1, 0.15) is 26.5 Å². The van der Waals surface area contributed by atoms with E-state index < -0.39 is 0 Å². The Morgan fingerprint density at radius 2 is 1.89 bits per heavy atom. The summed E-state index contributed by atoms with van der Waals surface area (Å²) in [5.74, 6) is 1.24. The lowest BCUT2D eigenvalue weighted by Gasteiger charge is -2.40. The molecule has 144 valence electrons. The number of aromatic nitrogens is 5. The lowest BCUT2D eigenvalue weighted by molar-refractivity contribution is 0.332. The van der Waals surface area contributed by atoms with Crippen LogP contribution in [-0.4, -0.2) is 38.1 Å². The van der Waals surface area contributed by atoms with Crippen molar-refractivity contribution >= 4 is 5.82 Å². The van der Waals surface area contributed by atoms with Crippen molar-refractivity contribution < 1.29 is 0 Å². The highest BCUT2D eigenvalue weighted by atomic mass is 16.1. The van der Waals surface area contributed by atoms with Crippen molar-refractivity contribution in [1.29, 1.82) is 0 Å². The summed E-state index contributed by atoms with van der Waals surface area (Å²) in [6, 6.07) is 11.2. The summed E-state index contributed by atoms with van der Waals surface area (Å²) >= 11 is 0. The van der Waals surface area contributed by atoms with Gasteiger partial charge >= 0.3 is 0 Å². The summed E-state index contributed by atoms with van der Waals surface area (Å²) in [6.07, 6.45) is 3.47. The highest BCUT2D eigenvalue weighted by Crippen LogP contribution is 2.25. The Morgan fingerprint density at radius 3 is 2.54 bits per heavy atom. The Labute approximate surface area is 164 Å². The molecule has 28 heavy (non-hydrogen) atoms. The lowest BCUT2D eigenvalue weighted by atomic mass is 9.92. The van der Waals surface area contributed by atoms with Gasteiger partial charge < -0.3 is 4.90 Å². The van der Waals surface area contributed by atoms with E-state index in [2.05, 4.69) is 46.0 Å². The first kappa shape index (κ1) is 18.3. The van der Waals surface area contributed by atoms with E-state index in [0.29, 0.717) is 12.5 Å². The van der Waals surface area contributed by atoms with E-state index in [1.807, 2.05) is 24.3 Å². The second-order valence-electron chi connectivity index (χ2n) is 8.28. The molecule has 0 saturated carbocycles. The summed E-state index contributed by atoms with van der Waals surface area (Å²) in [6.45, 7) is 8.66. The van der Waals surface area contributed by atoms with Gasteiger partial charge in [-0.25, -0.2) is 4.68 Å². The van der Waals surface area contributed by atoms with Crippen molar-refractivity contribution in [3.63, 3.8) is 0 Å². The summed E-state index contributed by atoms with van der Waals surface area (Å²) in [7, 11) is 0. The van der Waals surface area contributed by atoms with Gasteiger partial charge in [-0.15, -0.1) is 5.10 Å². The van der Waals surface area contributed by atoms with Crippen LogP contribution < -0.4 is 10.5 Å². The molecule has 7 heteroatoms. The van der Waals surface area contributed by atoms with Gasteiger partial charge in [-0.2, -0.15) is 10.2 Å². The Balaban J connectivity index is 1.41. The van der Waals surface area contributed by atoms with E-state index in [1.54, 1.807) is 29.2 Å². The molecule has 1 saturated heterocycles. The Bertz CT molecular complexity index is 1000. The maximum Gasteiger partial charge on any atom is 0.266 e. The van der Waals surface area contributed by atoms with Gasteiger partial charge in [-0.3, -0.25) is 9.78 Å². The molecular formula is C21H24N6O. The number of hydrogen-bond acceptors (Lipinski definition) is 6. The van der Waals surface area contributed by atoms with Crippen LogP contribution in [0.3, 0.4) is 0 Å². The van der Waals surface area contributed by atoms with Crippen molar-refractivity contribution in [3.8, 4) is 11.3 Å². The topological polar surface area (TPSA) is 76.8 Å². The highest BCUT2D eigenvalue weighted by Gasteiger charge is 2.29. The molecule has 4 rings (SSSR count). The number of rotatable bonds is 4. The predicted octanol–water partition coefficient (Wildman–Crippen LogP) is 2.53. The SMILES string of the molecule is CC(C)(C)c1ccc(N2CC(Cn3nc(-c4cccnc4)ccc3=O)C2)nn1. The predicted molar refractivity (Wildman–Crippen MR) is 108 cm³/mol. The van der Waals surface area contributed by atoms with Crippen molar-refractivity contribution in [2.24, 2.45) is 5.92 Å². The third kappa shape index (κ3) is 3.78. The zero-order valence-electron chi connectivity index (χ0n) is 16.4. The van der Waals surface area contributed by atoms with Gasteiger partial charge in [0.25, 0.3) is 5.56 Å². The Hall–Kier alpha value is -3.09. The third-order valence-electron chi connectivity index (χ3n) is 4.96. The molecule has 3 aromatic heterocycles. The van der Waals surface area contributed by atoms with E-state index in [9.17, 15) is 4.79 Å². The normalized spacial score (nSPS) is 14.8. The van der Waals surface area contributed by atoms with Gasteiger partial charge in [-0.1, -0.05) is 20.8 Å². The van der Waals surface area contributed by atoms with Gasteiger partial charge in [0.2, 0.25) is 0 Å². The highest BCUT2D eigenvalue weighted by molar-refractivity contribution is 5.56. The first-order valence-electron chi connectivity index (χ1n) is 9.48. The van der Waals surface area contributed by atoms with Crippen molar-refractivity contribution in [2.75, 3.05) is 18.0 Å². The first-order valence-corrected chi connectivity index (χ1v) is 9.48. The van der Waals surface area contributed by atoms with Crippen molar-refractivity contribution in [1.82, 2.24) is 25.0 Å². The van der Waals surface area contributed by atoms with Gasteiger partial charge in [0.05, 0.1) is 17.9 Å². The van der Waals surface area contributed by atoms with Crippen LogP contribution >= 0.6 is 0 Å². The van der Waals surface area contributed by atoms with Crippen LogP contribution in [0, 0.1) is 5.92 Å². The molecule has 0 aromatic carbocycles. The van der Waals surface area contributed by atoms with E-state index in [0.717, 1.165) is 35.9 Å². The second-order valence-corrected chi connectivity index (χ2v) is 8.28. The molecule has 0 aliphatic carbocycles. The maximum absolute atomic E-state index is 12.2. The number of pyridine rings is 1. The number of hydrogen-bond donors (Lipinski definition) is 0. The first-order chi connectivity index (χ1) is 13.4. The molecule has 0 unspecified atom stereocenters. The van der Waals surface area contributed by atoms with E-state index in [-0.39, 0.29) is 11.0 Å². The Kier molecular flexibility index (Phi) is 4.66. The standard InChI is InChI=1S/C21H24N6O/c1-21(2,3)18-7-8-19(24-23-18)26-12-15(13-26)14-27-20(28)9-6-17(25-27)16-5-4-10-22-11-16/h4-11,15H,12-14H2,1-3H3. The fourth-order valence-electron chi connectivity index (χ4n) is 3.26. The van der Waals surface area contributed by atoms with E-state index in [4.69, 9.17) is 0 Å². The van der Waals surface area contributed by atoms with Gasteiger partial charge in [-0.05, 0) is 30.3 Å². The molecule has 3 aromatic rings. The van der Waals surface area contributed by atoms with Gasteiger partial charge in [0.15, 0.2) is 5.82 Å². The minimum Gasteiger partial charge on any atom is -0.354 e. The van der Waals surface area contributed by atoms with Crippen molar-refractivity contribution in [2.45, 2.75) is 32.7 Å². The summed E-state index contributed by atoms with van der Waals surface area (Å²) < 4.78 is 1.55. The van der Waals surface area contributed by atoms with Crippen LogP contribution in [0.4, 0.5) is 5.82 Å². The average molecular weight is 376 g/mol. The van der Waals surface area contributed by atoms with Crippen LogP contribution in [-0.2, 0) is 12.0 Å². The molecule has 0 N–H and O–H groups in total. The van der Waals surface area contributed by atoms with Crippen LogP contribution in [0.15, 0.2) is 53.6 Å². The number of anilines is 1. The van der Waals surface area contributed by atoms with Crippen LogP contribution in [0.2, 0.25) is 0 Å². The fourth-order valence-corrected chi connectivity index (χ4v) is 3.26. The molecule has 4 heterocycles. The quantitative estimate of drug-likeness (QED) is 0.696. The molecule has 1 aliphatic heterocycles. The molecule has 0 bridgehead atoms. The summed E-state index contributed by atoms with van der Waals surface area (Å²) in [5, 5.41) is 13.2. The molecule has 1 aliphatic rings. The lowest BCUT2D eigenvalue weighted by Crippen LogP contribution is -2.50. The number of nitrogens with zero attached hydrogens (tertiary/aromatic N) is 6. The molecular weight excluding hydrogens is 352 g/mol. The molecule has 7 nitrogen and oxygen atoms in total. The largest absolute Gasteiger partial charge is 0.354 e. The average Bonchev–Trinajstić information content (AvgIpc) is 2.66.